The molecule has 0 aliphatic carbocycles. The smallest absolute Gasteiger partial charge is 0.356 e. The molecule has 106 valence electrons. The summed E-state index contributed by atoms with van der Waals surface area (Å²) in [7, 11) is 0. The Labute approximate surface area is 109 Å². The number of nitrogens with one attached hydrogen (secondary N) is 1. The second-order valence-electron chi connectivity index (χ2n) is 4.62. The van der Waals surface area contributed by atoms with Crippen molar-refractivity contribution >= 4 is 11.6 Å². The molecule has 0 bridgehead atoms. The molecule has 5 nitrogen and oxygen atoms in total. The van der Waals surface area contributed by atoms with E-state index in [2.05, 4.69) is 15.4 Å². The maximum atomic E-state index is 12.6. The lowest BCUT2D eigenvalue weighted by atomic mass is 9.96. The molecule has 1 aliphatic heterocycles. The highest BCUT2D eigenvalue weighted by molar-refractivity contribution is 5.57. The highest BCUT2D eigenvalue weighted by Gasteiger charge is 2.41. The molecule has 0 saturated carbocycles. The Kier molecular flexibility index (Phi) is 3.79. The van der Waals surface area contributed by atoms with Crippen LogP contribution in [0.15, 0.2) is 6.33 Å². The monoisotopic (exact) mass is 275 g/mol. The van der Waals surface area contributed by atoms with E-state index in [9.17, 15) is 13.2 Å². The quantitative estimate of drug-likeness (QED) is 0.637. The summed E-state index contributed by atoms with van der Waals surface area (Å²) in [6.07, 6.45) is -2.55. The number of nitrogens with zero attached hydrogens (tertiary/aromatic N) is 3. The zero-order valence-corrected chi connectivity index (χ0v) is 10.5. The highest BCUT2D eigenvalue weighted by atomic mass is 19.4. The average molecular weight is 275 g/mol. The van der Waals surface area contributed by atoms with Crippen LogP contribution in [-0.2, 0) is 0 Å². The van der Waals surface area contributed by atoms with Crippen molar-refractivity contribution in [1.82, 2.24) is 9.97 Å². The summed E-state index contributed by atoms with van der Waals surface area (Å²) in [5.74, 6) is 5.24. The van der Waals surface area contributed by atoms with Crippen LogP contribution < -0.4 is 16.2 Å². The van der Waals surface area contributed by atoms with Crippen molar-refractivity contribution in [1.29, 1.82) is 0 Å². The molecule has 1 aromatic heterocycles. The molecule has 0 radical (unpaired) electrons. The first-order valence-electron chi connectivity index (χ1n) is 6.03. The van der Waals surface area contributed by atoms with Gasteiger partial charge in [0.2, 0.25) is 0 Å². The number of rotatable bonds is 2. The molecule has 1 aromatic rings. The third-order valence-corrected chi connectivity index (χ3v) is 3.45. The molecule has 0 amide bonds. The van der Waals surface area contributed by atoms with Crippen molar-refractivity contribution in [3.05, 3.63) is 11.9 Å². The predicted octanol–water partition coefficient (Wildman–Crippen LogP) is 1.85. The van der Waals surface area contributed by atoms with Gasteiger partial charge in [0.1, 0.15) is 18.0 Å². The third-order valence-electron chi connectivity index (χ3n) is 3.45. The van der Waals surface area contributed by atoms with Gasteiger partial charge in [-0.2, -0.15) is 13.2 Å². The van der Waals surface area contributed by atoms with Crippen molar-refractivity contribution in [2.75, 3.05) is 23.4 Å². The first-order valence-corrected chi connectivity index (χ1v) is 6.03. The highest BCUT2D eigenvalue weighted by Crippen LogP contribution is 2.35. The summed E-state index contributed by atoms with van der Waals surface area (Å²) in [5, 5.41) is 0. The maximum absolute atomic E-state index is 12.6. The fourth-order valence-electron chi connectivity index (χ4n) is 2.32. The number of hydrazine groups is 1. The molecule has 3 N–H and O–H groups in total. The van der Waals surface area contributed by atoms with Gasteiger partial charge in [-0.1, -0.05) is 0 Å². The predicted molar refractivity (Wildman–Crippen MR) is 65.6 cm³/mol. The Hall–Kier alpha value is -1.57. The normalized spacial score (nSPS) is 17.6. The average Bonchev–Trinajstić information content (AvgIpc) is 2.38. The lowest BCUT2D eigenvalue weighted by Gasteiger charge is -2.34. The van der Waals surface area contributed by atoms with Gasteiger partial charge in [0.25, 0.3) is 0 Å². The number of piperidine rings is 1. The summed E-state index contributed by atoms with van der Waals surface area (Å²) in [6.45, 7) is 2.47. The fraction of sp³-hybridized carbons (Fsp3) is 0.636. The number of aromatic nitrogens is 2. The van der Waals surface area contributed by atoms with E-state index in [4.69, 9.17) is 5.84 Å². The second kappa shape index (κ2) is 5.20. The van der Waals surface area contributed by atoms with Gasteiger partial charge in [-0.05, 0) is 19.8 Å². The van der Waals surface area contributed by atoms with Crippen LogP contribution in [0.2, 0.25) is 0 Å². The molecule has 0 aromatic carbocycles. The molecular weight excluding hydrogens is 259 g/mol. The largest absolute Gasteiger partial charge is 0.391 e. The van der Waals surface area contributed by atoms with Crippen molar-refractivity contribution < 1.29 is 13.2 Å². The summed E-state index contributed by atoms with van der Waals surface area (Å²) >= 11 is 0. The fourth-order valence-corrected chi connectivity index (χ4v) is 2.32. The lowest BCUT2D eigenvalue weighted by Crippen LogP contribution is -2.39. The topological polar surface area (TPSA) is 67.1 Å². The van der Waals surface area contributed by atoms with Crippen LogP contribution >= 0.6 is 0 Å². The van der Waals surface area contributed by atoms with E-state index in [1.54, 1.807) is 6.92 Å². The summed E-state index contributed by atoms with van der Waals surface area (Å²) in [4.78, 5) is 9.94. The minimum Gasteiger partial charge on any atom is -0.356 e. The minimum atomic E-state index is -4.10. The summed E-state index contributed by atoms with van der Waals surface area (Å²) in [5.41, 5.74) is 3.20. The molecule has 8 heteroatoms. The van der Waals surface area contributed by atoms with Crippen molar-refractivity contribution in [2.45, 2.75) is 25.9 Å². The number of alkyl halides is 3. The number of nitrogens with two attached hydrogens (primary N) is 1. The molecule has 1 saturated heterocycles. The molecule has 1 aliphatic rings. The molecule has 0 unspecified atom stereocenters. The van der Waals surface area contributed by atoms with Crippen LogP contribution in [0.1, 0.15) is 18.4 Å². The van der Waals surface area contributed by atoms with Crippen LogP contribution in [0.3, 0.4) is 0 Å². The van der Waals surface area contributed by atoms with E-state index in [0.717, 1.165) is 5.56 Å². The standard InChI is InChI=1S/C11H16F3N5/c1-7-9(18-15)16-6-17-10(7)19-4-2-8(3-5-19)11(12,13)14/h6,8H,2-5,15H2,1H3,(H,16,17,18). The van der Waals surface area contributed by atoms with Gasteiger partial charge in [0.15, 0.2) is 0 Å². The zero-order chi connectivity index (χ0) is 14.0. The van der Waals surface area contributed by atoms with Gasteiger partial charge in [-0.15, -0.1) is 0 Å². The molecule has 19 heavy (non-hydrogen) atoms. The number of hydrogen-bond acceptors (Lipinski definition) is 5. The molecule has 0 spiro atoms. The van der Waals surface area contributed by atoms with Gasteiger partial charge in [0.05, 0.1) is 5.92 Å². The SMILES string of the molecule is Cc1c(NN)ncnc1N1CCC(C(F)(F)F)CC1. The van der Waals surface area contributed by atoms with Gasteiger partial charge < -0.3 is 10.3 Å². The van der Waals surface area contributed by atoms with E-state index < -0.39 is 12.1 Å². The van der Waals surface area contributed by atoms with Crippen LogP contribution in [0, 0.1) is 12.8 Å². The van der Waals surface area contributed by atoms with Crippen molar-refractivity contribution in [3.63, 3.8) is 0 Å². The second-order valence-corrected chi connectivity index (χ2v) is 4.62. The van der Waals surface area contributed by atoms with Gasteiger partial charge in [0, 0.05) is 18.7 Å². The molecule has 0 atom stereocenters. The van der Waals surface area contributed by atoms with Gasteiger partial charge in [-0.3, -0.25) is 0 Å². The molecular formula is C11H16F3N5. The number of anilines is 2. The first-order chi connectivity index (χ1) is 8.93. The van der Waals surface area contributed by atoms with Crippen LogP contribution in [0.5, 0.6) is 0 Å². The molecule has 1 fully saturated rings. The number of halogens is 3. The Balaban J connectivity index is 2.10. The Morgan fingerprint density at radius 1 is 1.32 bits per heavy atom. The Morgan fingerprint density at radius 2 is 1.95 bits per heavy atom. The third kappa shape index (κ3) is 2.89. The molecule has 2 heterocycles. The summed E-state index contributed by atoms with van der Waals surface area (Å²) < 4.78 is 37.8. The van der Waals surface area contributed by atoms with Crippen LogP contribution in [-0.4, -0.2) is 29.2 Å². The van der Waals surface area contributed by atoms with Gasteiger partial charge >= 0.3 is 6.18 Å². The zero-order valence-electron chi connectivity index (χ0n) is 10.5. The Morgan fingerprint density at radius 3 is 2.47 bits per heavy atom. The maximum Gasteiger partial charge on any atom is 0.391 e. The first kappa shape index (κ1) is 13.9. The van der Waals surface area contributed by atoms with Crippen LogP contribution in [0.4, 0.5) is 24.8 Å². The lowest BCUT2D eigenvalue weighted by molar-refractivity contribution is -0.179. The van der Waals surface area contributed by atoms with E-state index in [0.29, 0.717) is 24.7 Å². The molecule has 2 rings (SSSR count). The van der Waals surface area contributed by atoms with Crippen LogP contribution in [0.25, 0.3) is 0 Å². The van der Waals surface area contributed by atoms with Crippen molar-refractivity contribution in [2.24, 2.45) is 11.8 Å². The van der Waals surface area contributed by atoms with Gasteiger partial charge in [-0.25, -0.2) is 15.8 Å². The van der Waals surface area contributed by atoms with Crippen molar-refractivity contribution in [3.8, 4) is 0 Å². The van der Waals surface area contributed by atoms with E-state index in [1.165, 1.54) is 6.33 Å². The summed E-state index contributed by atoms with van der Waals surface area (Å²) in [6, 6.07) is 0. The van der Waals surface area contributed by atoms with E-state index in [1.807, 2.05) is 4.90 Å². The Bertz CT molecular complexity index is 440. The number of nitrogen functional groups attached to an aromatic ring is 1. The van der Waals surface area contributed by atoms with E-state index in [-0.39, 0.29) is 12.8 Å². The van der Waals surface area contributed by atoms with E-state index >= 15 is 0 Å². The minimum absolute atomic E-state index is 0.0956. The number of hydrogen-bond donors (Lipinski definition) is 2.